The molecule has 1 aromatic rings. The molecule has 0 saturated carbocycles. The second kappa shape index (κ2) is 11.0. The molecule has 1 aliphatic rings. The number of rotatable bonds is 9. The number of nitrogens with one attached hydrogen (secondary N) is 2. The Morgan fingerprint density at radius 3 is 2.76 bits per heavy atom. The van der Waals surface area contributed by atoms with Crippen molar-refractivity contribution >= 4 is 5.96 Å². The van der Waals surface area contributed by atoms with Crippen LogP contribution in [0.3, 0.4) is 0 Å². The number of guanidine groups is 1. The van der Waals surface area contributed by atoms with E-state index >= 15 is 0 Å². The van der Waals surface area contributed by atoms with Gasteiger partial charge in [0.05, 0.1) is 19.8 Å². The Labute approximate surface area is 151 Å². The monoisotopic (exact) mass is 351 g/mol. The zero-order chi connectivity index (χ0) is 17.9. The van der Waals surface area contributed by atoms with Gasteiger partial charge in [0.15, 0.2) is 5.96 Å². The van der Waals surface area contributed by atoms with E-state index in [4.69, 9.17) is 9.73 Å². The lowest BCUT2D eigenvalue weighted by Crippen LogP contribution is -2.45. The molecule has 0 spiro atoms. The summed E-state index contributed by atoms with van der Waals surface area (Å²) < 4.78 is 7.51. The predicted molar refractivity (Wildman–Crippen MR) is 99.9 cm³/mol. The minimum Gasteiger partial charge on any atom is -0.379 e. The van der Waals surface area contributed by atoms with Gasteiger partial charge in [0.25, 0.3) is 0 Å². The van der Waals surface area contributed by atoms with Crippen molar-refractivity contribution in [2.45, 2.75) is 46.2 Å². The fourth-order valence-electron chi connectivity index (χ4n) is 2.81. The van der Waals surface area contributed by atoms with Crippen LogP contribution in [0.5, 0.6) is 0 Å². The number of nitrogens with zero attached hydrogens (tertiary/aromatic N) is 5. The highest BCUT2D eigenvalue weighted by molar-refractivity contribution is 5.79. The van der Waals surface area contributed by atoms with E-state index in [1.165, 1.54) is 0 Å². The SMILES string of the molecule is CCCNC(=NCC(C)N1CCOCC1)NCCn1cnnc1CC. The molecule has 1 atom stereocenters. The highest BCUT2D eigenvalue weighted by atomic mass is 16.5. The van der Waals surface area contributed by atoms with Crippen LogP contribution in [0.4, 0.5) is 0 Å². The molecule has 8 nitrogen and oxygen atoms in total. The van der Waals surface area contributed by atoms with Crippen LogP contribution in [0.15, 0.2) is 11.3 Å². The molecular formula is C17H33N7O. The first-order valence-electron chi connectivity index (χ1n) is 9.45. The zero-order valence-electron chi connectivity index (χ0n) is 15.9. The van der Waals surface area contributed by atoms with Crippen molar-refractivity contribution in [3.63, 3.8) is 0 Å². The highest BCUT2D eigenvalue weighted by Gasteiger charge is 2.16. The van der Waals surface area contributed by atoms with Gasteiger partial charge in [0.2, 0.25) is 0 Å². The summed E-state index contributed by atoms with van der Waals surface area (Å²) in [5.74, 6) is 1.90. The Hall–Kier alpha value is -1.67. The molecule has 0 aliphatic carbocycles. The van der Waals surface area contributed by atoms with Crippen molar-refractivity contribution < 1.29 is 4.74 Å². The van der Waals surface area contributed by atoms with Crippen molar-refractivity contribution in [1.29, 1.82) is 0 Å². The van der Waals surface area contributed by atoms with Crippen LogP contribution >= 0.6 is 0 Å². The molecule has 1 aliphatic heterocycles. The lowest BCUT2D eigenvalue weighted by molar-refractivity contribution is 0.0220. The first kappa shape index (κ1) is 19.7. The van der Waals surface area contributed by atoms with Crippen molar-refractivity contribution in [2.24, 2.45) is 4.99 Å². The highest BCUT2D eigenvalue weighted by Crippen LogP contribution is 2.03. The molecule has 0 amide bonds. The van der Waals surface area contributed by atoms with Crippen LogP contribution in [0.1, 0.15) is 33.0 Å². The van der Waals surface area contributed by atoms with Crippen LogP contribution in [-0.4, -0.2) is 77.6 Å². The summed E-state index contributed by atoms with van der Waals surface area (Å²) in [6.45, 7) is 13.5. The Kier molecular flexibility index (Phi) is 8.68. The smallest absolute Gasteiger partial charge is 0.191 e. The number of ether oxygens (including phenoxy) is 1. The fourth-order valence-corrected chi connectivity index (χ4v) is 2.81. The molecule has 25 heavy (non-hydrogen) atoms. The number of morpholine rings is 1. The lowest BCUT2D eigenvalue weighted by atomic mass is 10.2. The van der Waals surface area contributed by atoms with Crippen LogP contribution in [-0.2, 0) is 17.7 Å². The van der Waals surface area contributed by atoms with Crippen LogP contribution in [0.2, 0.25) is 0 Å². The maximum atomic E-state index is 5.42. The van der Waals surface area contributed by atoms with E-state index in [1.54, 1.807) is 6.33 Å². The van der Waals surface area contributed by atoms with E-state index in [-0.39, 0.29) is 0 Å². The van der Waals surface area contributed by atoms with Gasteiger partial charge in [-0.05, 0) is 13.3 Å². The minimum atomic E-state index is 0.425. The molecule has 0 bridgehead atoms. The van der Waals surface area contributed by atoms with Gasteiger partial charge in [-0.25, -0.2) is 0 Å². The Balaban J connectivity index is 1.81. The normalized spacial score (nSPS) is 17.5. The van der Waals surface area contributed by atoms with Crippen LogP contribution in [0, 0.1) is 0 Å². The molecule has 1 saturated heterocycles. The first-order valence-corrected chi connectivity index (χ1v) is 9.45. The Morgan fingerprint density at radius 1 is 1.28 bits per heavy atom. The average molecular weight is 351 g/mol. The number of hydrogen-bond donors (Lipinski definition) is 2. The fraction of sp³-hybridized carbons (Fsp3) is 0.824. The Bertz CT molecular complexity index is 511. The Morgan fingerprint density at radius 2 is 2.04 bits per heavy atom. The number of aryl methyl sites for hydroxylation is 1. The maximum Gasteiger partial charge on any atom is 0.191 e. The first-order chi connectivity index (χ1) is 12.2. The van der Waals surface area contributed by atoms with Crippen LogP contribution in [0.25, 0.3) is 0 Å². The van der Waals surface area contributed by atoms with Crippen molar-refractivity contribution in [3.8, 4) is 0 Å². The average Bonchev–Trinajstić information content (AvgIpc) is 3.11. The van der Waals surface area contributed by atoms with Gasteiger partial charge in [-0.2, -0.15) is 0 Å². The quantitative estimate of drug-likeness (QED) is 0.498. The van der Waals surface area contributed by atoms with Gasteiger partial charge in [0, 0.05) is 45.2 Å². The van der Waals surface area contributed by atoms with Gasteiger partial charge in [0.1, 0.15) is 12.2 Å². The molecule has 0 aromatic carbocycles. The van der Waals surface area contributed by atoms with E-state index in [1.807, 2.05) is 0 Å². The molecule has 8 heteroatoms. The van der Waals surface area contributed by atoms with E-state index in [0.29, 0.717) is 6.04 Å². The molecule has 2 N–H and O–H groups in total. The summed E-state index contributed by atoms with van der Waals surface area (Å²) in [7, 11) is 0. The van der Waals surface area contributed by atoms with E-state index in [0.717, 1.165) is 77.1 Å². The summed E-state index contributed by atoms with van der Waals surface area (Å²) in [5, 5.41) is 14.9. The van der Waals surface area contributed by atoms with Gasteiger partial charge in [-0.3, -0.25) is 9.89 Å². The third-order valence-electron chi connectivity index (χ3n) is 4.38. The number of aliphatic imine (C=N–C) groups is 1. The summed E-state index contributed by atoms with van der Waals surface area (Å²) in [6.07, 6.45) is 3.76. The summed E-state index contributed by atoms with van der Waals surface area (Å²) in [6, 6.07) is 0.425. The summed E-state index contributed by atoms with van der Waals surface area (Å²) in [5.41, 5.74) is 0. The largest absolute Gasteiger partial charge is 0.379 e. The third-order valence-corrected chi connectivity index (χ3v) is 4.38. The molecule has 1 unspecified atom stereocenters. The molecule has 1 fully saturated rings. The molecule has 142 valence electrons. The van der Waals surface area contributed by atoms with Crippen molar-refractivity contribution in [3.05, 3.63) is 12.2 Å². The van der Waals surface area contributed by atoms with Crippen molar-refractivity contribution in [1.82, 2.24) is 30.3 Å². The zero-order valence-corrected chi connectivity index (χ0v) is 15.9. The van der Waals surface area contributed by atoms with Gasteiger partial charge in [-0.15, -0.1) is 10.2 Å². The molecular weight excluding hydrogens is 318 g/mol. The summed E-state index contributed by atoms with van der Waals surface area (Å²) in [4.78, 5) is 7.21. The van der Waals surface area contributed by atoms with Crippen LogP contribution < -0.4 is 10.6 Å². The second-order valence-electron chi connectivity index (χ2n) is 6.33. The number of aromatic nitrogens is 3. The summed E-state index contributed by atoms with van der Waals surface area (Å²) >= 11 is 0. The van der Waals surface area contributed by atoms with E-state index in [2.05, 4.69) is 51.1 Å². The standard InChI is InChI=1S/C17H33N7O/c1-4-6-18-17(19-7-8-24-14-21-22-16(24)5-2)20-13-15(3)23-9-11-25-12-10-23/h14-15H,4-13H2,1-3H3,(H2,18,19,20). The predicted octanol–water partition coefficient (Wildman–Crippen LogP) is 0.506. The second-order valence-corrected chi connectivity index (χ2v) is 6.33. The molecule has 1 aromatic heterocycles. The van der Waals surface area contributed by atoms with Crippen molar-refractivity contribution in [2.75, 3.05) is 45.9 Å². The van der Waals surface area contributed by atoms with E-state index < -0.39 is 0 Å². The molecule has 2 heterocycles. The third kappa shape index (κ3) is 6.62. The minimum absolute atomic E-state index is 0.425. The topological polar surface area (TPSA) is 79.6 Å². The lowest BCUT2D eigenvalue weighted by Gasteiger charge is -2.31. The van der Waals surface area contributed by atoms with Gasteiger partial charge < -0.3 is 19.9 Å². The number of hydrogen-bond acceptors (Lipinski definition) is 5. The van der Waals surface area contributed by atoms with Gasteiger partial charge in [-0.1, -0.05) is 13.8 Å². The van der Waals surface area contributed by atoms with Gasteiger partial charge >= 0.3 is 0 Å². The molecule has 2 rings (SSSR count). The maximum absolute atomic E-state index is 5.42. The van der Waals surface area contributed by atoms with E-state index in [9.17, 15) is 0 Å². The molecule has 0 radical (unpaired) electrons.